The number of hydrogen-bond acceptors (Lipinski definition) is 6. The molecule has 0 saturated carbocycles. The van der Waals surface area contributed by atoms with E-state index in [2.05, 4.69) is 5.32 Å². The van der Waals surface area contributed by atoms with E-state index < -0.39 is 0 Å². The van der Waals surface area contributed by atoms with E-state index in [1.54, 1.807) is 30.3 Å². The number of rotatable bonds is 4. The maximum atomic E-state index is 13.3. The highest BCUT2D eigenvalue weighted by molar-refractivity contribution is 7.11. The molecule has 144 valence electrons. The van der Waals surface area contributed by atoms with Gasteiger partial charge in [-0.3, -0.25) is 9.59 Å². The number of carbonyl (C=O) groups excluding carboxylic acids is 2. The zero-order valence-electron chi connectivity index (χ0n) is 15.5. The molecule has 3 heterocycles. The van der Waals surface area contributed by atoms with Crippen LogP contribution < -0.4 is 19.7 Å². The Morgan fingerprint density at radius 1 is 0.966 bits per heavy atom. The second-order valence-corrected chi connectivity index (χ2v) is 7.65. The molecule has 2 aliphatic heterocycles. The van der Waals surface area contributed by atoms with Gasteiger partial charge >= 0.3 is 0 Å². The molecule has 2 aliphatic rings. The van der Waals surface area contributed by atoms with Crippen molar-refractivity contribution in [2.75, 3.05) is 17.0 Å². The summed E-state index contributed by atoms with van der Waals surface area (Å²) in [7, 11) is 0. The van der Waals surface area contributed by atoms with Gasteiger partial charge in [-0.2, -0.15) is 0 Å². The van der Waals surface area contributed by atoms with Crippen LogP contribution in [0.4, 0.5) is 11.4 Å². The van der Waals surface area contributed by atoms with Crippen LogP contribution in [-0.2, 0) is 9.59 Å². The maximum Gasteiger partial charge on any atom is 0.282 e. The standard InChI is InChI=1S/C22H16N2O4S/c1-13-4-7-15(8-5-13)24-21(25)19(18-3-2-10-29-18)20(22(24)26)23-14-6-9-16-17(11-14)28-12-27-16/h2-11,23H,12H2,1H3. The Morgan fingerprint density at radius 2 is 1.76 bits per heavy atom. The van der Waals surface area contributed by atoms with Crippen LogP contribution in [0.2, 0.25) is 0 Å². The van der Waals surface area contributed by atoms with Crippen molar-refractivity contribution in [1.82, 2.24) is 0 Å². The van der Waals surface area contributed by atoms with Crippen LogP contribution in [0.3, 0.4) is 0 Å². The summed E-state index contributed by atoms with van der Waals surface area (Å²) in [6, 6.07) is 16.3. The lowest BCUT2D eigenvalue weighted by molar-refractivity contribution is -0.120. The lowest BCUT2D eigenvalue weighted by Gasteiger charge is -2.15. The minimum Gasteiger partial charge on any atom is -0.454 e. The Hall–Kier alpha value is -3.58. The predicted molar refractivity (Wildman–Crippen MR) is 111 cm³/mol. The molecule has 0 fully saturated rings. The number of nitrogens with one attached hydrogen (secondary N) is 1. The highest BCUT2D eigenvalue weighted by Gasteiger charge is 2.40. The summed E-state index contributed by atoms with van der Waals surface area (Å²) in [6.07, 6.45) is 0. The Morgan fingerprint density at radius 3 is 2.52 bits per heavy atom. The summed E-state index contributed by atoms with van der Waals surface area (Å²) in [5.41, 5.74) is 2.85. The van der Waals surface area contributed by atoms with E-state index in [9.17, 15) is 9.59 Å². The van der Waals surface area contributed by atoms with E-state index in [1.807, 2.05) is 36.6 Å². The molecule has 0 bridgehead atoms. The average molecular weight is 404 g/mol. The van der Waals surface area contributed by atoms with Gasteiger partial charge in [-0.15, -0.1) is 11.3 Å². The predicted octanol–water partition coefficient (Wildman–Crippen LogP) is 4.18. The summed E-state index contributed by atoms with van der Waals surface area (Å²) < 4.78 is 10.8. The SMILES string of the molecule is Cc1ccc(N2C(=O)C(Nc3ccc4c(c3)OCO4)=C(c3cccs3)C2=O)cc1. The van der Waals surface area contributed by atoms with E-state index >= 15 is 0 Å². The Labute approximate surface area is 171 Å². The van der Waals surface area contributed by atoms with E-state index in [0.29, 0.717) is 28.4 Å². The summed E-state index contributed by atoms with van der Waals surface area (Å²) in [4.78, 5) is 28.5. The van der Waals surface area contributed by atoms with Crippen molar-refractivity contribution in [2.24, 2.45) is 0 Å². The molecule has 2 amide bonds. The van der Waals surface area contributed by atoms with Crippen molar-refractivity contribution in [3.63, 3.8) is 0 Å². The fourth-order valence-corrected chi connectivity index (χ4v) is 4.11. The first-order valence-electron chi connectivity index (χ1n) is 9.02. The van der Waals surface area contributed by atoms with Gasteiger partial charge in [0, 0.05) is 16.6 Å². The van der Waals surface area contributed by atoms with Gasteiger partial charge in [0.2, 0.25) is 6.79 Å². The zero-order valence-corrected chi connectivity index (χ0v) is 16.3. The third-order valence-corrected chi connectivity index (χ3v) is 5.67. The molecule has 1 N–H and O–H groups in total. The molecule has 0 atom stereocenters. The first-order valence-corrected chi connectivity index (χ1v) is 9.90. The second kappa shape index (κ2) is 6.79. The lowest BCUT2D eigenvalue weighted by atomic mass is 10.1. The Bertz CT molecular complexity index is 1150. The largest absolute Gasteiger partial charge is 0.454 e. The number of hydrogen-bond donors (Lipinski definition) is 1. The van der Waals surface area contributed by atoms with Crippen LogP contribution in [0.15, 0.2) is 65.7 Å². The molecule has 1 aromatic heterocycles. The number of nitrogens with zero attached hydrogens (tertiary/aromatic N) is 1. The van der Waals surface area contributed by atoms with Gasteiger partial charge in [0.15, 0.2) is 11.5 Å². The molecule has 0 spiro atoms. The minimum atomic E-state index is -0.389. The highest BCUT2D eigenvalue weighted by atomic mass is 32.1. The molecule has 0 radical (unpaired) electrons. The van der Waals surface area contributed by atoms with Crippen LogP contribution in [0.1, 0.15) is 10.4 Å². The van der Waals surface area contributed by atoms with Crippen molar-refractivity contribution in [3.05, 3.63) is 76.1 Å². The van der Waals surface area contributed by atoms with Crippen LogP contribution in [-0.4, -0.2) is 18.6 Å². The van der Waals surface area contributed by atoms with E-state index in [-0.39, 0.29) is 24.3 Å². The molecule has 0 saturated heterocycles. The number of ether oxygens (including phenoxy) is 2. The molecule has 6 nitrogen and oxygen atoms in total. The van der Waals surface area contributed by atoms with Crippen LogP contribution in [0.25, 0.3) is 5.57 Å². The van der Waals surface area contributed by atoms with Gasteiger partial charge in [-0.1, -0.05) is 23.8 Å². The summed E-state index contributed by atoms with van der Waals surface area (Å²) in [5.74, 6) is 0.517. The van der Waals surface area contributed by atoms with Crippen molar-refractivity contribution in [1.29, 1.82) is 0 Å². The van der Waals surface area contributed by atoms with Crippen LogP contribution >= 0.6 is 11.3 Å². The monoisotopic (exact) mass is 404 g/mol. The van der Waals surface area contributed by atoms with Gasteiger partial charge in [0.1, 0.15) is 5.70 Å². The highest BCUT2D eigenvalue weighted by Crippen LogP contribution is 2.38. The number of fused-ring (bicyclic) bond motifs is 1. The van der Waals surface area contributed by atoms with Crippen molar-refractivity contribution in [3.8, 4) is 11.5 Å². The summed E-state index contributed by atoms with van der Waals surface area (Å²) >= 11 is 1.42. The van der Waals surface area contributed by atoms with Gasteiger partial charge in [-0.05, 0) is 42.6 Å². The molecular weight excluding hydrogens is 388 g/mol. The first-order chi connectivity index (χ1) is 14.1. The van der Waals surface area contributed by atoms with Gasteiger partial charge in [0.25, 0.3) is 11.8 Å². The molecular formula is C22H16N2O4S. The van der Waals surface area contributed by atoms with Crippen LogP contribution in [0.5, 0.6) is 11.5 Å². The maximum absolute atomic E-state index is 13.3. The summed E-state index contributed by atoms with van der Waals surface area (Å²) in [6.45, 7) is 2.12. The number of carbonyl (C=O) groups is 2. The Balaban J connectivity index is 1.56. The van der Waals surface area contributed by atoms with Crippen LogP contribution in [0, 0.1) is 6.92 Å². The van der Waals surface area contributed by atoms with Crippen molar-refractivity contribution >= 4 is 40.1 Å². The van der Waals surface area contributed by atoms with E-state index in [0.717, 1.165) is 10.4 Å². The second-order valence-electron chi connectivity index (χ2n) is 6.70. The molecule has 3 aromatic rings. The fraction of sp³-hybridized carbons (Fsp3) is 0.0909. The summed E-state index contributed by atoms with van der Waals surface area (Å²) in [5, 5.41) is 5.02. The zero-order chi connectivity index (χ0) is 20.0. The Kier molecular flexibility index (Phi) is 4.10. The van der Waals surface area contributed by atoms with Crippen molar-refractivity contribution < 1.29 is 19.1 Å². The lowest BCUT2D eigenvalue weighted by Crippen LogP contribution is -2.32. The third kappa shape index (κ3) is 2.96. The number of thiophene rings is 1. The number of aryl methyl sites for hydroxylation is 1. The molecule has 29 heavy (non-hydrogen) atoms. The smallest absolute Gasteiger partial charge is 0.282 e. The van der Waals surface area contributed by atoms with Gasteiger partial charge in [-0.25, -0.2) is 4.90 Å². The normalized spacial score (nSPS) is 15.4. The fourth-order valence-electron chi connectivity index (χ4n) is 3.34. The topological polar surface area (TPSA) is 67.9 Å². The van der Waals surface area contributed by atoms with Gasteiger partial charge < -0.3 is 14.8 Å². The van der Waals surface area contributed by atoms with Gasteiger partial charge in [0.05, 0.1) is 11.3 Å². The molecule has 2 aromatic carbocycles. The average Bonchev–Trinajstić information content (AvgIpc) is 3.44. The number of anilines is 2. The minimum absolute atomic E-state index is 0.167. The van der Waals surface area contributed by atoms with Crippen molar-refractivity contribution in [2.45, 2.75) is 6.92 Å². The van der Waals surface area contributed by atoms with E-state index in [4.69, 9.17) is 9.47 Å². The molecule has 0 unspecified atom stereocenters. The quantitative estimate of drug-likeness (QED) is 0.661. The molecule has 5 rings (SSSR count). The van der Waals surface area contributed by atoms with E-state index in [1.165, 1.54) is 16.2 Å². The first kappa shape index (κ1) is 17.5. The third-order valence-electron chi connectivity index (χ3n) is 4.79. The number of amides is 2. The number of benzene rings is 2. The molecule has 0 aliphatic carbocycles. The molecule has 7 heteroatoms. The number of imide groups is 1.